The first-order valence-electron chi connectivity index (χ1n) is 8.18. The van der Waals surface area contributed by atoms with Crippen LogP contribution in [0.4, 0.5) is 5.82 Å². The fourth-order valence-electron chi connectivity index (χ4n) is 3.19. The topological polar surface area (TPSA) is 96.6 Å². The molecule has 1 aliphatic rings. The van der Waals surface area contributed by atoms with E-state index < -0.39 is 10.0 Å². The van der Waals surface area contributed by atoms with Crippen LogP contribution in [0.15, 0.2) is 23.2 Å². The number of aromatic nitrogens is 1. The van der Waals surface area contributed by atoms with Crippen molar-refractivity contribution in [1.29, 1.82) is 0 Å². The smallest absolute Gasteiger partial charge is 0.245 e. The summed E-state index contributed by atoms with van der Waals surface area (Å²) in [5.41, 5.74) is 5.34. The van der Waals surface area contributed by atoms with Crippen LogP contribution in [0.2, 0.25) is 0 Å². The van der Waals surface area contributed by atoms with Gasteiger partial charge in [-0.2, -0.15) is 4.31 Å². The maximum Gasteiger partial charge on any atom is 0.245 e. The van der Waals surface area contributed by atoms with Crippen LogP contribution in [0, 0.1) is 5.92 Å². The third-order valence-corrected chi connectivity index (χ3v) is 6.46. The largest absolute Gasteiger partial charge is 0.369 e. The van der Waals surface area contributed by atoms with Crippen molar-refractivity contribution in [3.8, 4) is 0 Å². The molecule has 1 aromatic rings. The van der Waals surface area contributed by atoms with E-state index in [1.54, 1.807) is 12.1 Å². The van der Waals surface area contributed by atoms with Gasteiger partial charge in [-0.05, 0) is 46.2 Å². The predicted molar refractivity (Wildman–Crippen MR) is 93.0 cm³/mol. The molecule has 134 valence electrons. The van der Waals surface area contributed by atoms with E-state index in [-0.39, 0.29) is 28.8 Å². The van der Waals surface area contributed by atoms with E-state index in [4.69, 9.17) is 5.73 Å². The molecular weight excluding hydrogens is 328 g/mol. The minimum absolute atomic E-state index is 0.135. The number of carbonyl (C=O) groups excluding carboxylic acids is 1. The van der Waals surface area contributed by atoms with Crippen molar-refractivity contribution >= 4 is 21.7 Å². The number of rotatable bonds is 6. The predicted octanol–water partition coefficient (Wildman–Crippen LogP) is 1.20. The normalized spacial score (nSPS) is 18.8. The number of pyridine rings is 1. The lowest BCUT2D eigenvalue weighted by Gasteiger charge is -2.29. The third-order valence-electron chi connectivity index (χ3n) is 4.23. The van der Waals surface area contributed by atoms with Crippen LogP contribution in [0.5, 0.6) is 0 Å². The molecule has 8 heteroatoms. The molecule has 0 spiro atoms. The molecule has 1 aromatic heterocycles. The van der Waals surface area contributed by atoms with Gasteiger partial charge in [-0.15, -0.1) is 0 Å². The van der Waals surface area contributed by atoms with Crippen LogP contribution in [-0.4, -0.2) is 48.8 Å². The third kappa shape index (κ3) is 3.70. The number of nitrogens with zero attached hydrogens (tertiary/aromatic N) is 3. The van der Waals surface area contributed by atoms with Gasteiger partial charge in [-0.3, -0.25) is 4.79 Å². The quantitative estimate of drug-likeness (QED) is 0.828. The number of carbonyl (C=O) groups is 1. The first-order valence-corrected chi connectivity index (χ1v) is 9.62. The number of primary amides is 1. The van der Waals surface area contributed by atoms with Crippen LogP contribution in [0.25, 0.3) is 0 Å². The Kier molecular flexibility index (Phi) is 5.49. The van der Waals surface area contributed by atoms with Crippen molar-refractivity contribution in [2.75, 3.05) is 18.0 Å². The molecule has 0 radical (unpaired) electrons. The highest BCUT2D eigenvalue weighted by molar-refractivity contribution is 7.89. The van der Waals surface area contributed by atoms with Gasteiger partial charge in [-0.25, -0.2) is 13.4 Å². The number of hydrogen-bond acceptors (Lipinski definition) is 5. The molecule has 24 heavy (non-hydrogen) atoms. The summed E-state index contributed by atoms with van der Waals surface area (Å²) in [6.45, 7) is 8.64. The minimum atomic E-state index is -3.59. The van der Waals surface area contributed by atoms with Crippen molar-refractivity contribution in [2.24, 2.45) is 11.7 Å². The highest BCUT2D eigenvalue weighted by Crippen LogP contribution is 2.25. The molecule has 0 aliphatic carbocycles. The van der Waals surface area contributed by atoms with Crippen LogP contribution in [-0.2, 0) is 14.8 Å². The Labute approximate surface area is 143 Å². The molecule has 0 bridgehead atoms. The number of nitrogens with two attached hydrogens (primary N) is 1. The molecule has 7 nitrogen and oxygen atoms in total. The Morgan fingerprint density at radius 2 is 1.92 bits per heavy atom. The maximum atomic E-state index is 12.8. The fourth-order valence-corrected chi connectivity index (χ4v) is 4.97. The molecule has 2 rings (SSSR count). The standard InChI is InChI=1S/C16H26N4O3S/c1-11(2)20(12(3)4)24(22,23)14-5-6-15(18-9-14)19-8-7-13(10-19)16(17)21/h5-6,9,11-13H,7-8,10H2,1-4H3,(H2,17,21). The summed E-state index contributed by atoms with van der Waals surface area (Å²) in [6.07, 6.45) is 2.09. The average Bonchev–Trinajstić information content (AvgIpc) is 2.96. The molecule has 2 N–H and O–H groups in total. The van der Waals surface area contributed by atoms with E-state index >= 15 is 0 Å². The van der Waals surface area contributed by atoms with Gasteiger partial charge >= 0.3 is 0 Å². The summed E-state index contributed by atoms with van der Waals surface area (Å²) >= 11 is 0. The molecule has 1 atom stereocenters. The molecule has 1 amide bonds. The van der Waals surface area contributed by atoms with E-state index in [0.29, 0.717) is 25.3 Å². The van der Waals surface area contributed by atoms with Crippen LogP contribution in [0.3, 0.4) is 0 Å². The molecular formula is C16H26N4O3S. The zero-order valence-electron chi connectivity index (χ0n) is 14.6. The molecule has 1 aliphatic heterocycles. The zero-order chi connectivity index (χ0) is 18.1. The van der Waals surface area contributed by atoms with Gasteiger partial charge in [0.15, 0.2) is 0 Å². The summed E-state index contributed by atoms with van der Waals surface area (Å²) in [7, 11) is -3.59. The SMILES string of the molecule is CC(C)N(C(C)C)S(=O)(=O)c1ccc(N2CCC(C(N)=O)C2)nc1. The van der Waals surface area contributed by atoms with Crippen molar-refractivity contribution < 1.29 is 13.2 Å². The van der Waals surface area contributed by atoms with E-state index in [0.717, 1.165) is 0 Å². The lowest BCUT2D eigenvalue weighted by Crippen LogP contribution is -2.41. The Morgan fingerprint density at radius 3 is 2.33 bits per heavy atom. The molecule has 1 saturated heterocycles. The lowest BCUT2D eigenvalue weighted by atomic mass is 10.1. The Bertz CT molecular complexity index is 678. The first kappa shape index (κ1) is 18.7. The van der Waals surface area contributed by atoms with E-state index in [2.05, 4.69) is 4.98 Å². The van der Waals surface area contributed by atoms with Gasteiger partial charge in [0, 0.05) is 31.4 Å². The van der Waals surface area contributed by atoms with Crippen LogP contribution >= 0.6 is 0 Å². The van der Waals surface area contributed by atoms with Crippen molar-refractivity contribution in [2.45, 2.75) is 51.1 Å². The molecule has 0 aromatic carbocycles. The molecule has 0 saturated carbocycles. The second kappa shape index (κ2) is 7.06. The number of hydrogen-bond donors (Lipinski definition) is 1. The van der Waals surface area contributed by atoms with Crippen molar-refractivity contribution in [1.82, 2.24) is 9.29 Å². The monoisotopic (exact) mass is 354 g/mol. The fraction of sp³-hybridized carbons (Fsp3) is 0.625. The second-order valence-corrected chi connectivity index (χ2v) is 8.55. The van der Waals surface area contributed by atoms with Gasteiger partial charge in [0.25, 0.3) is 0 Å². The van der Waals surface area contributed by atoms with Gasteiger partial charge in [0.05, 0.1) is 5.92 Å². The Balaban J connectivity index is 2.22. The lowest BCUT2D eigenvalue weighted by molar-refractivity contribution is -0.121. The van der Waals surface area contributed by atoms with Crippen molar-refractivity contribution in [3.63, 3.8) is 0 Å². The van der Waals surface area contributed by atoms with Gasteiger partial charge in [0.2, 0.25) is 15.9 Å². The Morgan fingerprint density at radius 1 is 1.29 bits per heavy atom. The van der Waals surface area contributed by atoms with Crippen molar-refractivity contribution in [3.05, 3.63) is 18.3 Å². The number of amides is 1. The molecule has 2 heterocycles. The van der Waals surface area contributed by atoms with Crippen LogP contribution < -0.4 is 10.6 Å². The zero-order valence-corrected chi connectivity index (χ0v) is 15.5. The van der Waals surface area contributed by atoms with Gasteiger partial charge in [-0.1, -0.05) is 0 Å². The van der Waals surface area contributed by atoms with Gasteiger partial charge in [0.1, 0.15) is 10.7 Å². The highest BCUT2D eigenvalue weighted by Gasteiger charge is 2.31. The molecule has 1 fully saturated rings. The maximum absolute atomic E-state index is 12.8. The highest BCUT2D eigenvalue weighted by atomic mass is 32.2. The van der Waals surface area contributed by atoms with Gasteiger partial charge < -0.3 is 10.6 Å². The summed E-state index contributed by atoms with van der Waals surface area (Å²) in [4.78, 5) is 17.7. The summed E-state index contributed by atoms with van der Waals surface area (Å²) < 4.78 is 27.1. The molecule has 1 unspecified atom stereocenters. The average molecular weight is 354 g/mol. The van der Waals surface area contributed by atoms with E-state index in [1.165, 1.54) is 10.5 Å². The van der Waals surface area contributed by atoms with E-state index in [9.17, 15) is 13.2 Å². The van der Waals surface area contributed by atoms with E-state index in [1.807, 2.05) is 32.6 Å². The minimum Gasteiger partial charge on any atom is -0.369 e. The summed E-state index contributed by atoms with van der Waals surface area (Å²) in [6, 6.07) is 3.00. The second-order valence-electron chi connectivity index (χ2n) is 6.71. The summed E-state index contributed by atoms with van der Waals surface area (Å²) in [5.74, 6) is 0.187. The first-order chi connectivity index (χ1) is 11.1. The number of anilines is 1. The summed E-state index contributed by atoms with van der Waals surface area (Å²) in [5, 5.41) is 0. The Hall–Kier alpha value is -1.67. The van der Waals surface area contributed by atoms with Crippen LogP contribution in [0.1, 0.15) is 34.1 Å². The number of sulfonamides is 1.